The highest BCUT2D eigenvalue weighted by Gasteiger charge is 2.18. The minimum Gasteiger partial charge on any atom is -0.481 e. The van der Waals surface area contributed by atoms with Gasteiger partial charge in [-0.15, -0.1) is 0 Å². The lowest BCUT2D eigenvalue weighted by Crippen LogP contribution is -2.08. The number of methoxy groups -OCH3 is 1. The van der Waals surface area contributed by atoms with Crippen LogP contribution in [0.5, 0.6) is 5.88 Å². The lowest BCUT2D eigenvalue weighted by atomic mass is 10.2. The van der Waals surface area contributed by atoms with Gasteiger partial charge in [0, 0.05) is 6.54 Å². The smallest absolute Gasteiger partial charge is 0.313 e. The Hall–Kier alpha value is -1.83. The molecule has 8 heteroatoms. The monoisotopic (exact) mass is 296 g/mol. The first kappa shape index (κ1) is 14.6. The molecule has 0 saturated carbocycles. The van der Waals surface area contributed by atoms with Gasteiger partial charge in [-0.2, -0.15) is 4.98 Å². The van der Waals surface area contributed by atoms with Crippen LogP contribution in [0.15, 0.2) is 11.5 Å². The van der Waals surface area contributed by atoms with E-state index in [2.05, 4.69) is 28.8 Å². The molecule has 20 heavy (non-hydrogen) atoms. The average molecular weight is 296 g/mol. The van der Waals surface area contributed by atoms with E-state index < -0.39 is 5.97 Å². The van der Waals surface area contributed by atoms with E-state index in [9.17, 15) is 4.79 Å². The number of hydrogen-bond acceptors (Lipinski definition) is 6. The van der Waals surface area contributed by atoms with E-state index in [1.54, 1.807) is 0 Å². The number of carboxylic acids is 1. The van der Waals surface area contributed by atoms with Gasteiger partial charge in [0.05, 0.1) is 12.9 Å². The van der Waals surface area contributed by atoms with Crippen molar-refractivity contribution in [2.24, 2.45) is 5.92 Å². The van der Waals surface area contributed by atoms with Crippen molar-refractivity contribution in [1.82, 2.24) is 19.5 Å². The van der Waals surface area contributed by atoms with E-state index >= 15 is 0 Å². The number of aromatic nitrogens is 4. The number of ether oxygens (including phenoxy) is 1. The summed E-state index contributed by atoms with van der Waals surface area (Å²) in [5.74, 6) is -0.139. The summed E-state index contributed by atoms with van der Waals surface area (Å²) in [6.45, 7) is 4.87. The minimum absolute atomic E-state index is 0.0445. The van der Waals surface area contributed by atoms with E-state index in [0.29, 0.717) is 34.7 Å². The molecule has 2 heterocycles. The summed E-state index contributed by atoms with van der Waals surface area (Å²) in [6.07, 6.45) is 1.42. The summed E-state index contributed by atoms with van der Waals surface area (Å²) in [7, 11) is 1.52. The zero-order valence-electron chi connectivity index (χ0n) is 11.5. The van der Waals surface area contributed by atoms with Crippen LogP contribution in [0.2, 0.25) is 0 Å². The highest BCUT2D eigenvalue weighted by molar-refractivity contribution is 7.99. The standard InChI is InChI=1S/C12H16N4O3S/c1-7(2)4-16-10-9(11(19-3)14-6-13-10)15-12(16)20-5-8(17)18/h6-7H,4-5H2,1-3H3,(H,17,18). The first-order valence-corrected chi connectivity index (χ1v) is 7.11. The Kier molecular flexibility index (Phi) is 4.43. The maximum absolute atomic E-state index is 10.7. The SMILES string of the molecule is COc1ncnc2c1nc(SCC(=O)O)n2CC(C)C. The van der Waals surface area contributed by atoms with E-state index in [0.717, 1.165) is 0 Å². The molecular weight excluding hydrogens is 280 g/mol. The highest BCUT2D eigenvalue weighted by Crippen LogP contribution is 2.27. The van der Waals surface area contributed by atoms with Crippen molar-refractivity contribution in [2.75, 3.05) is 12.9 Å². The van der Waals surface area contributed by atoms with E-state index in [4.69, 9.17) is 9.84 Å². The molecule has 1 N–H and O–H groups in total. The Bertz CT molecular complexity index is 626. The third-order valence-corrected chi connectivity index (χ3v) is 3.49. The molecule has 0 saturated heterocycles. The number of nitrogens with zero attached hydrogens (tertiary/aromatic N) is 4. The predicted molar refractivity (Wildman–Crippen MR) is 75.1 cm³/mol. The molecule has 2 aromatic rings. The summed E-state index contributed by atoms with van der Waals surface area (Å²) < 4.78 is 7.09. The molecule has 108 valence electrons. The van der Waals surface area contributed by atoms with Gasteiger partial charge in [-0.3, -0.25) is 4.79 Å². The lowest BCUT2D eigenvalue weighted by Gasteiger charge is -2.09. The van der Waals surface area contributed by atoms with Gasteiger partial charge in [-0.05, 0) is 5.92 Å². The van der Waals surface area contributed by atoms with Crippen molar-refractivity contribution in [1.29, 1.82) is 0 Å². The van der Waals surface area contributed by atoms with Crippen molar-refractivity contribution in [3.8, 4) is 5.88 Å². The summed E-state index contributed by atoms with van der Waals surface area (Å²) in [4.78, 5) is 23.4. The molecule has 0 unspecified atom stereocenters. The molecule has 0 aromatic carbocycles. The van der Waals surface area contributed by atoms with Crippen LogP contribution in [0.3, 0.4) is 0 Å². The third kappa shape index (κ3) is 3.01. The fourth-order valence-corrected chi connectivity index (χ4v) is 2.54. The topological polar surface area (TPSA) is 90.1 Å². The summed E-state index contributed by atoms with van der Waals surface area (Å²) >= 11 is 1.17. The maximum Gasteiger partial charge on any atom is 0.313 e. The zero-order chi connectivity index (χ0) is 14.7. The van der Waals surface area contributed by atoms with E-state index in [1.807, 2.05) is 4.57 Å². The molecule has 0 aliphatic heterocycles. The molecule has 2 rings (SSSR count). The van der Waals surface area contributed by atoms with Crippen molar-refractivity contribution in [3.05, 3.63) is 6.33 Å². The molecule has 0 aliphatic rings. The quantitative estimate of drug-likeness (QED) is 0.811. The molecular formula is C12H16N4O3S. The normalized spacial score (nSPS) is 11.2. The molecule has 0 fully saturated rings. The van der Waals surface area contributed by atoms with Gasteiger partial charge in [0.2, 0.25) is 5.88 Å². The Morgan fingerprint density at radius 2 is 2.25 bits per heavy atom. The van der Waals surface area contributed by atoms with Crippen molar-refractivity contribution < 1.29 is 14.6 Å². The zero-order valence-corrected chi connectivity index (χ0v) is 12.3. The summed E-state index contributed by atoms with van der Waals surface area (Å²) in [6, 6.07) is 0. The molecule has 2 aromatic heterocycles. The van der Waals surface area contributed by atoms with Gasteiger partial charge in [0.15, 0.2) is 16.3 Å². The second-order valence-corrected chi connectivity index (χ2v) is 5.58. The predicted octanol–water partition coefficient (Wildman–Crippen LogP) is 1.67. The van der Waals surface area contributed by atoms with Crippen LogP contribution in [0.4, 0.5) is 0 Å². The average Bonchev–Trinajstić information content (AvgIpc) is 2.74. The number of thioether (sulfide) groups is 1. The Morgan fingerprint density at radius 1 is 1.50 bits per heavy atom. The molecule has 0 bridgehead atoms. The molecule has 0 amide bonds. The number of carbonyl (C=O) groups is 1. The Labute approximate surface area is 120 Å². The number of imidazole rings is 1. The van der Waals surface area contributed by atoms with E-state index in [-0.39, 0.29) is 5.75 Å². The van der Waals surface area contributed by atoms with Crippen molar-refractivity contribution in [3.63, 3.8) is 0 Å². The highest BCUT2D eigenvalue weighted by atomic mass is 32.2. The van der Waals surface area contributed by atoms with Crippen LogP contribution in [-0.4, -0.2) is 43.5 Å². The van der Waals surface area contributed by atoms with Crippen LogP contribution in [0.1, 0.15) is 13.8 Å². The number of aliphatic carboxylic acids is 1. The van der Waals surface area contributed by atoms with Gasteiger partial charge >= 0.3 is 5.97 Å². The number of rotatable bonds is 6. The summed E-state index contributed by atoms with van der Waals surface area (Å²) in [5.41, 5.74) is 1.22. The van der Waals surface area contributed by atoms with Gasteiger partial charge in [-0.1, -0.05) is 25.6 Å². The molecule has 7 nitrogen and oxygen atoms in total. The van der Waals surface area contributed by atoms with Gasteiger partial charge in [0.25, 0.3) is 0 Å². The lowest BCUT2D eigenvalue weighted by molar-refractivity contribution is -0.133. The van der Waals surface area contributed by atoms with Gasteiger partial charge in [0.1, 0.15) is 6.33 Å². The van der Waals surface area contributed by atoms with Crippen molar-refractivity contribution >= 4 is 28.9 Å². The van der Waals surface area contributed by atoms with Crippen LogP contribution in [0.25, 0.3) is 11.2 Å². The van der Waals surface area contributed by atoms with Crippen LogP contribution in [-0.2, 0) is 11.3 Å². The maximum atomic E-state index is 10.7. The first-order chi connectivity index (χ1) is 9.52. The third-order valence-electron chi connectivity index (χ3n) is 2.53. The van der Waals surface area contributed by atoms with Crippen LogP contribution < -0.4 is 4.74 Å². The second-order valence-electron chi connectivity index (χ2n) is 4.64. The van der Waals surface area contributed by atoms with Gasteiger partial charge in [-0.25, -0.2) is 9.97 Å². The molecule has 0 radical (unpaired) electrons. The number of carboxylic acid groups (broad SMARTS) is 1. The Morgan fingerprint density at radius 3 is 2.85 bits per heavy atom. The minimum atomic E-state index is -0.879. The van der Waals surface area contributed by atoms with Crippen molar-refractivity contribution in [2.45, 2.75) is 25.5 Å². The fraction of sp³-hybridized carbons (Fsp3) is 0.500. The summed E-state index contributed by atoms with van der Waals surface area (Å²) in [5, 5.41) is 9.43. The number of hydrogen-bond donors (Lipinski definition) is 1. The second kappa shape index (κ2) is 6.08. The molecule has 0 atom stereocenters. The molecule has 0 spiro atoms. The van der Waals surface area contributed by atoms with Crippen LogP contribution in [0, 0.1) is 5.92 Å². The first-order valence-electron chi connectivity index (χ1n) is 6.12. The van der Waals surface area contributed by atoms with Gasteiger partial charge < -0.3 is 14.4 Å². The van der Waals surface area contributed by atoms with Crippen LogP contribution >= 0.6 is 11.8 Å². The largest absolute Gasteiger partial charge is 0.481 e. The number of fused-ring (bicyclic) bond motifs is 1. The van der Waals surface area contributed by atoms with E-state index in [1.165, 1.54) is 25.2 Å². The fourth-order valence-electron chi connectivity index (χ4n) is 1.81. The Balaban J connectivity index is 2.50. The molecule has 0 aliphatic carbocycles.